The van der Waals surface area contributed by atoms with E-state index in [-0.39, 0.29) is 42.9 Å². The van der Waals surface area contributed by atoms with E-state index in [0.29, 0.717) is 13.0 Å². The first kappa shape index (κ1) is 23.4. The van der Waals surface area contributed by atoms with Crippen molar-refractivity contribution in [1.29, 1.82) is 0 Å². The van der Waals surface area contributed by atoms with Gasteiger partial charge in [-0.25, -0.2) is 4.79 Å². The number of benzene rings is 2. The zero-order valence-corrected chi connectivity index (χ0v) is 20.0. The number of likely N-dealkylation sites (tertiary alicyclic amines) is 1. The molecule has 3 aliphatic rings. The molecule has 7 nitrogen and oxygen atoms in total. The maximum Gasteiger partial charge on any atom is 0.407 e. The van der Waals surface area contributed by atoms with Crippen LogP contribution in [0.25, 0.3) is 11.1 Å². The van der Waals surface area contributed by atoms with Crippen molar-refractivity contribution < 1.29 is 24.2 Å². The van der Waals surface area contributed by atoms with Crippen LogP contribution in [-0.2, 0) is 14.3 Å². The van der Waals surface area contributed by atoms with Crippen molar-refractivity contribution in [2.45, 2.75) is 44.6 Å². The van der Waals surface area contributed by atoms with E-state index in [9.17, 15) is 19.5 Å². The third-order valence-electron chi connectivity index (χ3n) is 7.93. The first-order chi connectivity index (χ1) is 16.9. The number of carboxylic acids is 1. The molecule has 2 amide bonds. The van der Waals surface area contributed by atoms with Crippen LogP contribution in [0.2, 0.25) is 0 Å². The van der Waals surface area contributed by atoms with Crippen molar-refractivity contribution in [2.24, 2.45) is 17.8 Å². The summed E-state index contributed by atoms with van der Waals surface area (Å²) in [6.45, 7) is 2.90. The van der Waals surface area contributed by atoms with E-state index in [1.165, 1.54) is 22.3 Å². The van der Waals surface area contributed by atoms with Gasteiger partial charge in [-0.1, -0.05) is 61.9 Å². The number of amides is 2. The van der Waals surface area contributed by atoms with Crippen molar-refractivity contribution in [2.75, 3.05) is 19.7 Å². The minimum absolute atomic E-state index is 0.00756. The molecule has 2 aromatic carbocycles. The molecule has 0 radical (unpaired) electrons. The fourth-order valence-corrected chi connectivity index (χ4v) is 6.08. The predicted molar refractivity (Wildman–Crippen MR) is 131 cm³/mol. The van der Waals surface area contributed by atoms with Crippen molar-refractivity contribution in [3.05, 3.63) is 59.7 Å². The molecule has 4 unspecified atom stereocenters. The Balaban J connectivity index is 1.16. The third kappa shape index (κ3) is 4.64. The zero-order chi connectivity index (χ0) is 24.5. The largest absolute Gasteiger partial charge is 0.481 e. The van der Waals surface area contributed by atoms with Gasteiger partial charge in [-0.3, -0.25) is 9.59 Å². The van der Waals surface area contributed by atoms with Gasteiger partial charge in [0.2, 0.25) is 5.91 Å². The molecule has 1 saturated heterocycles. The van der Waals surface area contributed by atoms with Crippen molar-refractivity contribution >= 4 is 18.0 Å². The van der Waals surface area contributed by atoms with E-state index in [0.717, 1.165) is 19.3 Å². The standard InChI is InChI=1S/C28H32N2O5/c1-17-14-30(15-24(17)27(32)33)26(31)18-7-6-8-19(13-18)29-28(34)35-16-25-22-11-4-2-9-20(22)21-10-3-5-12-23(21)25/h2-5,9-12,17-19,24-25H,6-8,13-16H2,1H3,(H,29,34)(H,32,33). The molecule has 0 aromatic heterocycles. The number of hydrogen-bond donors (Lipinski definition) is 2. The molecule has 2 aromatic rings. The second-order valence-corrected chi connectivity index (χ2v) is 10.2. The molecule has 0 bridgehead atoms. The van der Waals surface area contributed by atoms with Crippen LogP contribution < -0.4 is 5.32 Å². The van der Waals surface area contributed by atoms with E-state index >= 15 is 0 Å². The Labute approximate surface area is 205 Å². The van der Waals surface area contributed by atoms with Gasteiger partial charge in [0.05, 0.1) is 5.92 Å². The van der Waals surface area contributed by atoms with Gasteiger partial charge in [0, 0.05) is 31.0 Å². The molecule has 1 saturated carbocycles. The number of ether oxygens (including phenoxy) is 1. The van der Waals surface area contributed by atoms with Crippen molar-refractivity contribution in [3.63, 3.8) is 0 Å². The molecule has 2 N–H and O–H groups in total. The monoisotopic (exact) mass is 476 g/mol. The number of nitrogens with one attached hydrogen (secondary N) is 1. The molecule has 1 aliphatic heterocycles. The zero-order valence-electron chi connectivity index (χ0n) is 20.0. The summed E-state index contributed by atoms with van der Waals surface area (Å²) in [4.78, 5) is 38.9. The number of carbonyl (C=O) groups excluding carboxylic acids is 2. The number of nitrogens with zero attached hydrogens (tertiary/aromatic N) is 1. The normalized spacial score (nSPS) is 25.6. The number of fused-ring (bicyclic) bond motifs is 3. The Morgan fingerprint density at radius 1 is 1.00 bits per heavy atom. The Morgan fingerprint density at radius 2 is 1.66 bits per heavy atom. The summed E-state index contributed by atoms with van der Waals surface area (Å²) in [6, 6.07) is 16.3. The summed E-state index contributed by atoms with van der Waals surface area (Å²) < 4.78 is 5.68. The van der Waals surface area contributed by atoms with Crippen LogP contribution >= 0.6 is 0 Å². The van der Waals surface area contributed by atoms with E-state index in [4.69, 9.17) is 4.74 Å². The third-order valence-corrected chi connectivity index (χ3v) is 7.93. The van der Waals surface area contributed by atoms with Gasteiger partial charge < -0.3 is 20.1 Å². The minimum Gasteiger partial charge on any atom is -0.481 e. The molecule has 4 atom stereocenters. The molecule has 5 rings (SSSR count). The molecule has 2 fully saturated rings. The second-order valence-electron chi connectivity index (χ2n) is 10.2. The lowest BCUT2D eigenvalue weighted by Crippen LogP contribution is -2.43. The molecular weight excluding hydrogens is 444 g/mol. The number of carboxylic acid groups (broad SMARTS) is 1. The van der Waals surface area contributed by atoms with Crippen LogP contribution in [0, 0.1) is 17.8 Å². The van der Waals surface area contributed by atoms with Crippen LogP contribution in [0.4, 0.5) is 4.79 Å². The highest BCUT2D eigenvalue weighted by Crippen LogP contribution is 2.44. The summed E-state index contributed by atoms with van der Waals surface area (Å²) in [6.07, 6.45) is 2.53. The van der Waals surface area contributed by atoms with Gasteiger partial charge in [0.15, 0.2) is 0 Å². The van der Waals surface area contributed by atoms with Gasteiger partial charge in [-0.2, -0.15) is 0 Å². The average molecular weight is 477 g/mol. The predicted octanol–water partition coefficient (Wildman–Crippen LogP) is 4.26. The first-order valence-corrected chi connectivity index (χ1v) is 12.6. The fourth-order valence-electron chi connectivity index (χ4n) is 6.08. The van der Waals surface area contributed by atoms with Gasteiger partial charge in [0.25, 0.3) is 0 Å². The van der Waals surface area contributed by atoms with Gasteiger partial charge in [-0.05, 0) is 47.4 Å². The van der Waals surface area contributed by atoms with Crippen LogP contribution in [0.3, 0.4) is 0 Å². The van der Waals surface area contributed by atoms with E-state index in [1.807, 2.05) is 31.2 Å². The SMILES string of the molecule is CC1CN(C(=O)C2CCCC(NC(=O)OCC3c4ccccc4-c4ccccc43)C2)CC1C(=O)O. The van der Waals surface area contributed by atoms with Gasteiger partial charge in [-0.15, -0.1) is 0 Å². The molecule has 2 aliphatic carbocycles. The Bertz CT molecular complexity index is 1090. The number of alkyl carbamates (subject to hydrolysis) is 1. The summed E-state index contributed by atoms with van der Waals surface area (Å²) in [5.41, 5.74) is 4.72. The molecular formula is C28H32N2O5. The topological polar surface area (TPSA) is 95.9 Å². The van der Waals surface area contributed by atoms with Crippen LogP contribution in [0.5, 0.6) is 0 Å². The van der Waals surface area contributed by atoms with Crippen LogP contribution in [0.1, 0.15) is 49.7 Å². The average Bonchev–Trinajstić information content (AvgIpc) is 3.41. The Morgan fingerprint density at radius 3 is 2.29 bits per heavy atom. The number of carbonyl (C=O) groups is 3. The first-order valence-electron chi connectivity index (χ1n) is 12.6. The van der Waals surface area contributed by atoms with Crippen LogP contribution in [0.15, 0.2) is 48.5 Å². The second kappa shape index (κ2) is 9.72. The van der Waals surface area contributed by atoms with Crippen molar-refractivity contribution in [1.82, 2.24) is 10.2 Å². The number of rotatable bonds is 5. The van der Waals surface area contributed by atoms with E-state index in [1.54, 1.807) is 4.90 Å². The number of hydrogen-bond acceptors (Lipinski definition) is 4. The molecule has 1 heterocycles. The highest BCUT2D eigenvalue weighted by atomic mass is 16.5. The summed E-state index contributed by atoms with van der Waals surface area (Å²) in [5, 5.41) is 12.3. The van der Waals surface area contributed by atoms with Crippen LogP contribution in [-0.4, -0.2) is 53.7 Å². The molecule has 184 valence electrons. The van der Waals surface area contributed by atoms with Crippen molar-refractivity contribution in [3.8, 4) is 11.1 Å². The number of aliphatic carboxylic acids is 1. The summed E-state index contributed by atoms with van der Waals surface area (Å²) in [7, 11) is 0. The summed E-state index contributed by atoms with van der Waals surface area (Å²) in [5.74, 6) is -1.56. The Hall–Kier alpha value is -3.35. The minimum atomic E-state index is -0.841. The Kier molecular flexibility index (Phi) is 6.50. The molecule has 35 heavy (non-hydrogen) atoms. The van der Waals surface area contributed by atoms with E-state index in [2.05, 4.69) is 29.6 Å². The molecule has 7 heteroatoms. The lowest BCUT2D eigenvalue weighted by molar-refractivity contribution is -0.142. The highest BCUT2D eigenvalue weighted by molar-refractivity contribution is 5.81. The van der Waals surface area contributed by atoms with Gasteiger partial charge in [0.1, 0.15) is 6.61 Å². The smallest absolute Gasteiger partial charge is 0.407 e. The lowest BCUT2D eigenvalue weighted by Gasteiger charge is -2.31. The summed E-state index contributed by atoms with van der Waals surface area (Å²) >= 11 is 0. The maximum atomic E-state index is 13.1. The maximum absolute atomic E-state index is 13.1. The fraction of sp³-hybridized carbons (Fsp3) is 0.464. The highest BCUT2D eigenvalue weighted by Gasteiger charge is 2.40. The molecule has 0 spiro atoms. The lowest BCUT2D eigenvalue weighted by atomic mass is 9.85. The quantitative estimate of drug-likeness (QED) is 0.672. The van der Waals surface area contributed by atoms with E-state index < -0.39 is 18.0 Å². The van der Waals surface area contributed by atoms with Gasteiger partial charge >= 0.3 is 12.1 Å².